The zero-order chi connectivity index (χ0) is 41.1. The fraction of sp³-hybridized carbons (Fsp3) is 0.0690. The Morgan fingerprint density at radius 1 is 0.393 bits per heavy atom. The second-order valence-electron chi connectivity index (χ2n) is 16.3. The van der Waals surface area contributed by atoms with E-state index in [1.807, 2.05) is 84.9 Å². The van der Waals surface area contributed by atoms with Crippen LogP contribution in [-0.2, 0) is 11.0 Å². The molecule has 2 atom stereocenters. The highest BCUT2D eigenvalue weighted by Gasteiger charge is 2.46. The molecule has 0 saturated carbocycles. The van der Waals surface area contributed by atoms with E-state index in [4.69, 9.17) is 9.47 Å². The van der Waals surface area contributed by atoms with Crippen molar-refractivity contribution < 1.29 is 14.6 Å². The number of benzene rings is 10. The third-order valence-electron chi connectivity index (χ3n) is 12.8. The minimum absolute atomic E-state index is 0.548. The summed E-state index contributed by atoms with van der Waals surface area (Å²) in [5.41, 5.74) is 9.21. The van der Waals surface area contributed by atoms with Gasteiger partial charge in [-0.3, -0.25) is 0 Å². The molecule has 0 spiro atoms. The molecule has 0 bridgehead atoms. The van der Waals surface area contributed by atoms with Crippen LogP contribution in [0.1, 0.15) is 44.5 Å². The predicted molar refractivity (Wildman–Crippen MR) is 249 cm³/mol. The summed E-state index contributed by atoms with van der Waals surface area (Å²) in [4.78, 5) is 0. The van der Waals surface area contributed by atoms with Gasteiger partial charge in [0.15, 0.2) is 0 Å². The van der Waals surface area contributed by atoms with Gasteiger partial charge in [-0.2, -0.15) is 0 Å². The van der Waals surface area contributed by atoms with Crippen molar-refractivity contribution in [3.05, 3.63) is 257 Å². The highest BCUT2D eigenvalue weighted by Crippen LogP contribution is 2.57. The van der Waals surface area contributed by atoms with Crippen molar-refractivity contribution >= 4 is 32.3 Å². The van der Waals surface area contributed by atoms with Gasteiger partial charge in [0.25, 0.3) is 0 Å². The van der Waals surface area contributed by atoms with Gasteiger partial charge in [0.1, 0.15) is 22.8 Å². The van der Waals surface area contributed by atoms with E-state index in [1.165, 1.54) is 60.5 Å². The van der Waals surface area contributed by atoms with E-state index in [-0.39, 0.29) is 0 Å². The number of hydrogen-bond donors (Lipinski definition) is 1. The summed E-state index contributed by atoms with van der Waals surface area (Å²) in [6.07, 6.45) is 0. The number of ether oxygens (including phenoxy) is 2. The van der Waals surface area contributed by atoms with E-state index >= 15 is 0 Å². The minimum Gasteiger partial charge on any atom is -0.497 e. The van der Waals surface area contributed by atoms with Crippen LogP contribution >= 0.6 is 0 Å². The van der Waals surface area contributed by atoms with Gasteiger partial charge >= 0.3 is 0 Å². The minimum atomic E-state index is -1.37. The first-order chi connectivity index (χ1) is 29.9. The zero-order valence-corrected chi connectivity index (χ0v) is 34.0. The third-order valence-corrected chi connectivity index (χ3v) is 12.8. The maximum atomic E-state index is 12.4. The van der Waals surface area contributed by atoms with Crippen LogP contribution in [-0.4, -0.2) is 12.2 Å². The number of methoxy groups -OCH3 is 1. The van der Waals surface area contributed by atoms with E-state index < -0.39 is 11.0 Å². The molecule has 0 aliphatic heterocycles. The van der Waals surface area contributed by atoms with Crippen LogP contribution in [0.5, 0.6) is 17.2 Å². The molecular formula is C58H42O3. The van der Waals surface area contributed by atoms with Crippen LogP contribution in [0.4, 0.5) is 0 Å². The van der Waals surface area contributed by atoms with Crippen LogP contribution in [0.2, 0.25) is 0 Å². The van der Waals surface area contributed by atoms with E-state index in [9.17, 15) is 5.11 Å². The molecule has 0 aromatic heterocycles. The number of hydrogen-bond acceptors (Lipinski definition) is 3. The van der Waals surface area contributed by atoms with Crippen molar-refractivity contribution in [3.8, 4) is 28.4 Å². The number of aryl methyl sites for hydroxylation is 1. The van der Waals surface area contributed by atoms with Crippen molar-refractivity contribution in [1.29, 1.82) is 0 Å². The molecule has 0 radical (unpaired) electrons. The zero-order valence-electron chi connectivity index (χ0n) is 34.0. The molecule has 11 rings (SSSR count). The van der Waals surface area contributed by atoms with Crippen LogP contribution in [0.25, 0.3) is 43.4 Å². The average molecular weight is 787 g/mol. The van der Waals surface area contributed by atoms with E-state index in [2.05, 4.69) is 134 Å². The van der Waals surface area contributed by atoms with Gasteiger partial charge in [0.05, 0.1) is 12.5 Å². The highest BCUT2D eigenvalue weighted by molar-refractivity contribution is 5.97. The Kier molecular flexibility index (Phi) is 8.63. The molecule has 10 aromatic rings. The largest absolute Gasteiger partial charge is 0.497 e. The van der Waals surface area contributed by atoms with Crippen molar-refractivity contribution in [2.45, 2.75) is 17.9 Å². The lowest BCUT2D eigenvalue weighted by atomic mass is 9.67. The first-order valence-corrected chi connectivity index (χ1v) is 20.8. The Hall–Kier alpha value is -7.46. The molecule has 1 aliphatic rings. The van der Waals surface area contributed by atoms with Gasteiger partial charge in [-0.1, -0.05) is 157 Å². The normalized spacial score (nSPS) is 15.3. The standard InChI is InChI=1S/C58H42O3/c1-38-16-17-42-33-48(21-18-41(42)32-38)57(55-15-9-8-14-53(55)54-36-39-10-6-7-11-40(39)37-56(54)57)49-22-19-44-35-52(27-20-43(44)34-49)61-51-30-25-47(26-31-51)58(59,45-12-4-3-5-13-45)46-23-28-50(60-2)29-24-46/h3-37,59H,1-2H3. The Morgan fingerprint density at radius 2 is 0.902 bits per heavy atom. The molecule has 2 unspecified atom stereocenters. The van der Waals surface area contributed by atoms with Gasteiger partial charge in [-0.25, -0.2) is 0 Å². The van der Waals surface area contributed by atoms with Crippen molar-refractivity contribution in [1.82, 2.24) is 0 Å². The molecule has 0 fully saturated rings. The lowest BCUT2D eigenvalue weighted by Gasteiger charge is -2.34. The molecule has 0 heterocycles. The first kappa shape index (κ1) is 36.6. The number of aliphatic hydroxyl groups is 1. The molecule has 61 heavy (non-hydrogen) atoms. The van der Waals surface area contributed by atoms with Crippen molar-refractivity contribution in [2.24, 2.45) is 0 Å². The summed E-state index contributed by atoms with van der Waals surface area (Å²) in [7, 11) is 1.64. The van der Waals surface area contributed by atoms with Crippen molar-refractivity contribution in [3.63, 3.8) is 0 Å². The number of fused-ring (bicyclic) bond motifs is 6. The molecular weight excluding hydrogens is 745 g/mol. The Labute approximate surface area is 355 Å². The lowest BCUT2D eigenvalue weighted by molar-refractivity contribution is 0.125. The Bertz CT molecular complexity index is 3280. The molecule has 10 aromatic carbocycles. The predicted octanol–water partition coefficient (Wildman–Crippen LogP) is 13.9. The quantitative estimate of drug-likeness (QED) is 0.156. The molecule has 1 aliphatic carbocycles. The summed E-state index contributed by atoms with van der Waals surface area (Å²) in [6, 6.07) is 74.5. The third kappa shape index (κ3) is 5.92. The molecule has 3 nitrogen and oxygen atoms in total. The second kappa shape index (κ2) is 14.4. The number of rotatable bonds is 8. The van der Waals surface area contributed by atoms with Gasteiger partial charge < -0.3 is 14.6 Å². The fourth-order valence-electron chi connectivity index (χ4n) is 9.78. The summed E-state index contributed by atoms with van der Waals surface area (Å²) >= 11 is 0. The smallest absolute Gasteiger partial charge is 0.140 e. The summed E-state index contributed by atoms with van der Waals surface area (Å²) in [6.45, 7) is 2.15. The Morgan fingerprint density at radius 3 is 1.59 bits per heavy atom. The molecule has 3 heteroatoms. The van der Waals surface area contributed by atoms with Gasteiger partial charge in [0.2, 0.25) is 0 Å². The van der Waals surface area contributed by atoms with E-state index in [0.29, 0.717) is 5.75 Å². The Balaban J connectivity index is 0.991. The summed E-state index contributed by atoms with van der Waals surface area (Å²) < 4.78 is 11.9. The van der Waals surface area contributed by atoms with E-state index in [0.717, 1.165) is 39.0 Å². The fourth-order valence-corrected chi connectivity index (χ4v) is 9.78. The van der Waals surface area contributed by atoms with Gasteiger partial charge in [-0.15, -0.1) is 0 Å². The molecule has 292 valence electrons. The first-order valence-electron chi connectivity index (χ1n) is 20.8. The summed E-state index contributed by atoms with van der Waals surface area (Å²) in [5.74, 6) is 2.16. The molecule has 1 N–H and O–H groups in total. The van der Waals surface area contributed by atoms with E-state index in [1.54, 1.807) is 7.11 Å². The topological polar surface area (TPSA) is 38.7 Å². The average Bonchev–Trinajstić information content (AvgIpc) is 3.60. The lowest BCUT2D eigenvalue weighted by Crippen LogP contribution is -2.28. The monoisotopic (exact) mass is 786 g/mol. The molecule has 0 amide bonds. The molecule has 0 saturated heterocycles. The van der Waals surface area contributed by atoms with Crippen LogP contribution < -0.4 is 9.47 Å². The van der Waals surface area contributed by atoms with Crippen molar-refractivity contribution in [2.75, 3.05) is 7.11 Å². The maximum Gasteiger partial charge on any atom is 0.140 e. The maximum absolute atomic E-state index is 12.4. The summed E-state index contributed by atoms with van der Waals surface area (Å²) in [5, 5.41) is 19.6. The van der Waals surface area contributed by atoms with Crippen LogP contribution in [0, 0.1) is 6.92 Å². The SMILES string of the molecule is COc1ccc(C(O)(c2ccccc2)c2ccc(Oc3ccc4cc(C5(c6ccc7cc(C)ccc7c6)c6ccccc6-c6cc7ccccc7cc65)ccc4c3)cc2)cc1. The second-order valence-corrected chi connectivity index (χ2v) is 16.3. The van der Waals surface area contributed by atoms with Gasteiger partial charge in [0, 0.05) is 0 Å². The van der Waals surface area contributed by atoms with Crippen LogP contribution in [0.3, 0.4) is 0 Å². The van der Waals surface area contributed by atoms with Gasteiger partial charge in [-0.05, 0) is 150 Å². The highest BCUT2D eigenvalue weighted by atomic mass is 16.5. The van der Waals surface area contributed by atoms with Crippen LogP contribution in [0.15, 0.2) is 212 Å².